The summed E-state index contributed by atoms with van der Waals surface area (Å²) in [5.41, 5.74) is 7.77. The molecule has 0 atom stereocenters. The molecule has 0 amide bonds. The van der Waals surface area contributed by atoms with Gasteiger partial charge in [-0.3, -0.25) is 4.68 Å². The van der Waals surface area contributed by atoms with E-state index in [1.54, 1.807) is 17.9 Å². The molecule has 0 saturated heterocycles. The number of hydrogen-bond donors (Lipinski definition) is 1. The normalized spacial score (nSPS) is 16.0. The van der Waals surface area contributed by atoms with Crippen LogP contribution in [-0.2, 0) is 12.5 Å². The van der Waals surface area contributed by atoms with E-state index in [0.717, 1.165) is 18.7 Å². The third-order valence-electron chi connectivity index (χ3n) is 4.15. The molecule has 6 heteroatoms. The minimum atomic E-state index is -0.0972. The van der Waals surface area contributed by atoms with Crippen LogP contribution in [-0.4, -0.2) is 19.9 Å². The molecule has 3 aromatic rings. The average Bonchev–Trinajstić information content (AvgIpc) is 3.07. The third-order valence-corrected chi connectivity index (χ3v) is 4.15. The molecule has 1 aromatic carbocycles. The standard InChI is InChI=1S/C15H15N5O/c1-20-12(16)11(9-17-20)13-18-14(19-21-13)15(7-8-15)10-5-3-2-4-6-10/h2-6,9H,7-8,16H2,1H3. The van der Waals surface area contributed by atoms with Gasteiger partial charge < -0.3 is 10.3 Å². The molecule has 106 valence electrons. The highest BCUT2D eigenvalue weighted by atomic mass is 16.5. The lowest BCUT2D eigenvalue weighted by atomic mass is 9.95. The molecular weight excluding hydrogens is 266 g/mol. The Morgan fingerprint density at radius 2 is 2.00 bits per heavy atom. The SMILES string of the molecule is Cn1ncc(-c2nc(C3(c4ccccc4)CC3)no2)c1N. The van der Waals surface area contributed by atoms with E-state index in [2.05, 4.69) is 27.4 Å². The minimum absolute atomic E-state index is 0.0972. The number of hydrogen-bond acceptors (Lipinski definition) is 5. The number of anilines is 1. The second kappa shape index (κ2) is 4.18. The van der Waals surface area contributed by atoms with Gasteiger partial charge in [0, 0.05) is 7.05 Å². The molecular formula is C15H15N5O. The van der Waals surface area contributed by atoms with Gasteiger partial charge in [0.2, 0.25) is 0 Å². The molecule has 0 aliphatic heterocycles. The molecule has 4 rings (SSSR count). The smallest absolute Gasteiger partial charge is 0.263 e. The number of nitrogen functional groups attached to an aromatic ring is 1. The number of aromatic nitrogens is 4. The summed E-state index contributed by atoms with van der Waals surface area (Å²) < 4.78 is 6.98. The van der Waals surface area contributed by atoms with Gasteiger partial charge in [0.15, 0.2) is 5.82 Å². The molecule has 21 heavy (non-hydrogen) atoms. The topological polar surface area (TPSA) is 82.8 Å². The summed E-state index contributed by atoms with van der Waals surface area (Å²) in [6.45, 7) is 0. The summed E-state index contributed by atoms with van der Waals surface area (Å²) in [5, 5.41) is 8.28. The summed E-state index contributed by atoms with van der Waals surface area (Å²) in [4.78, 5) is 4.55. The molecule has 1 saturated carbocycles. The first-order chi connectivity index (χ1) is 10.2. The Labute approximate surface area is 121 Å². The molecule has 1 fully saturated rings. The molecule has 6 nitrogen and oxygen atoms in total. The van der Waals surface area contributed by atoms with Crippen LogP contribution in [0.3, 0.4) is 0 Å². The Morgan fingerprint density at radius 1 is 1.24 bits per heavy atom. The summed E-state index contributed by atoms with van der Waals surface area (Å²) >= 11 is 0. The van der Waals surface area contributed by atoms with Crippen molar-refractivity contribution in [3.63, 3.8) is 0 Å². The van der Waals surface area contributed by atoms with Crippen molar-refractivity contribution < 1.29 is 4.52 Å². The summed E-state index contributed by atoms with van der Waals surface area (Å²) in [5.74, 6) is 1.68. The highest BCUT2D eigenvalue weighted by molar-refractivity contribution is 5.66. The van der Waals surface area contributed by atoms with Crippen LogP contribution in [0.15, 0.2) is 41.1 Å². The van der Waals surface area contributed by atoms with Crippen LogP contribution in [0.5, 0.6) is 0 Å². The zero-order valence-corrected chi connectivity index (χ0v) is 11.7. The quantitative estimate of drug-likeness (QED) is 0.795. The molecule has 2 N–H and O–H groups in total. The van der Waals surface area contributed by atoms with Gasteiger partial charge in [-0.25, -0.2) is 0 Å². The Hall–Kier alpha value is -2.63. The first kappa shape index (κ1) is 12.1. The number of nitrogens with zero attached hydrogens (tertiary/aromatic N) is 4. The second-order valence-corrected chi connectivity index (χ2v) is 5.44. The highest BCUT2D eigenvalue weighted by Gasteiger charge is 2.50. The first-order valence-corrected chi connectivity index (χ1v) is 6.88. The number of nitrogens with two attached hydrogens (primary N) is 1. The van der Waals surface area contributed by atoms with Crippen molar-refractivity contribution >= 4 is 5.82 Å². The van der Waals surface area contributed by atoms with Crippen molar-refractivity contribution in [2.45, 2.75) is 18.3 Å². The zero-order chi connectivity index (χ0) is 14.4. The van der Waals surface area contributed by atoms with Gasteiger partial charge in [0.25, 0.3) is 5.89 Å². The van der Waals surface area contributed by atoms with E-state index in [1.165, 1.54) is 5.56 Å². The Morgan fingerprint density at radius 3 is 2.62 bits per heavy atom. The van der Waals surface area contributed by atoms with Gasteiger partial charge >= 0.3 is 0 Å². The van der Waals surface area contributed by atoms with Gasteiger partial charge in [-0.2, -0.15) is 10.1 Å². The maximum absolute atomic E-state index is 5.95. The lowest BCUT2D eigenvalue weighted by Crippen LogP contribution is -2.10. The summed E-state index contributed by atoms with van der Waals surface area (Å²) in [6.07, 6.45) is 3.73. The maximum atomic E-state index is 5.95. The lowest BCUT2D eigenvalue weighted by molar-refractivity contribution is 0.418. The Balaban J connectivity index is 1.74. The van der Waals surface area contributed by atoms with E-state index in [0.29, 0.717) is 17.3 Å². The van der Waals surface area contributed by atoms with Crippen LogP contribution < -0.4 is 5.73 Å². The molecule has 1 aliphatic rings. The van der Waals surface area contributed by atoms with Crippen LogP contribution in [0.25, 0.3) is 11.5 Å². The van der Waals surface area contributed by atoms with Gasteiger partial charge in [0.05, 0.1) is 11.6 Å². The van der Waals surface area contributed by atoms with Crippen LogP contribution in [0.4, 0.5) is 5.82 Å². The maximum Gasteiger partial charge on any atom is 0.263 e. The van der Waals surface area contributed by atoms with E-state index in [-0.39, 0.29) is 5.41 Å². The van der Waals surface area contributed by atoms with E-state index < -0.39 is 0 Å². The second-order valence-electron chi connectivity index (χ2n) is 5.44. The van der Waals surface area contributed by atoms with Crippen molar-refractivity contribution in [1.82, 2.24) is 19.9 Å². The largest absolute Gasteiger partial charge is 0.383 e. The molecule has 0 spiro atoms. The Bertz CT molecular complexity index is 786. The fraction of sp³-hybridized carbons (Fsp3) is 0.267. The van der Waals surface area contributed by atoms with Crippen LogP contribution in [0.1, 0.15) is 24.2 Å². The fourth-order valence-corrected chi connectivity index (χ4v) is 2.66. The van der Waals surface area contributed by atoms with Crippen LogP contribution in [0, 0.1) is 0 Å². The van der Waals surface area contributed by atoms with E-state index in [4.69, 9.17) is 10.3 Å². The van der Waals surface area contributed by atoms with Gasteiger partial charge in [0.1, 0.15) is 11.4 Å². The fourth-order valence-electron chi connectivity index (χ4n) is 2.66. The van der Waals surface area contributed by atoms with E-state index >= 15 is 0 Å². The van der Waals surface area contributed by atoms with Gasteiger partial charge in [-0.1, -0.05) is 35.5 Å². The predicted molar refractivity (Wildman–Crippen MR) is 77.4 cm³/mol. The zero-order valence-electron chi connectivity index (χ0n) is 11.7. The predicted octanol–water partition coefficient (Wildman–Crippen LogP) is 2.13. The highest BCUT2D eigenvalue weighted by Crippen LogP contribution is 2.52. The molecule has 0 radical (unpaired) electrons. The van der Waals surface area contributed by atoms with Crippen LogP contribution >= 0.6 is 0 Å². The van der Waals surface area contributed by atoms with Gasteiger partial charge in [-0.05, 0) is 18.4 Å². The number of rotatable bonds is 3. The summed E-state index contributed by atoms with van der Waals surface area (Å²) in [6, 6.07) is 10.3. The van der Waals surface area contributed by atoms with Crippen LogP contribution in [0.2, 0.25) is 0 Å². The monoisotopic (exact) mass is 281 g/mol. The molecule has 0 unspecified atom stereocenters. The molecule has 2 heterocycles. The average molecular weight is 281 g/mol. The van der Waals surface area contributed by atoms with Crippen molar-refractivity contribution in [3.05, 3.63) is 47.9 Å². The lowest BCUT2D eigenvalue weighted by Gasteiger charge is -2.09. The Kier molecular flexibility index (Phi) is 2.42. The van der Waals surface area contributed by atoms with Crippen molar-refractivity contribution in [2.24, 2.45) is 7.05 Å². The number of benzene rings is 1. The third kappa shape index (κ3) is 1.75. The molecule has 2 aromatic heterocycles. The molecule has 1 aliphatic carbocycles. The number of aryl methyl sites for hydroxylation is 1. The van der Waals surface area contributed by atoms with Crippen molar-refractivity contribution in [3.8, 4) is 11.5 Å². The molecule has 0 bridgehead atoms. The van der Waals surface area contributed by atoms with Crippen molar-refractivity contribution in [1.29, 1.82) is 0 Å². The van der Waals surface area contributed by atoms with E-state index in [1.807, 2.05) is 18.2 Å². The summed E-state index contributed by atoms with van der Waals surface area (Å²) in [7, 11) is 1.78. The van der Waals surface area contributed by atoms with E-state index in [9.17, 15) is 0 Å². The van der Waals surface area contributed by atoms with Crippen molar-refractivity contribution in [2.75, 3.05) is 5.73 Å². The van der Waals surface area contributed by atoms with Gasteiger partial charge in [-0.15, -0.1) is 0 Å². The first-order valence-electron chi connectivity index (χ1n) is 6.88. The minimum Gasteiger partial charge on any atom is -0.383 e.